The third-order valence-electron chi connectivity index (χ3n) is 6.39. The zero-order chi connectivity index (χ0) is 25.0. The Hall–Kier alpha value is -3.03. The average molecular weight is 495 g/mol. The Morgan fingerprint density at radius 1 is 0.943 bits per heavy atom. The van der Waals surface area contributed by atoms with E-state index in [0.29, 0.717) is 39.6 Å². The summed E-state index contributed by atoms with van der Waals surface area (Å²) >= 11 is 0. The Morgan fingerprint density at radius 2 is 1.60 bits per heavy atom. The molecule has 1 aliphatic heterocycles. The van der Waals surface area contributed by atoms with Gasteiger partial charge < -0.3 is 9.84 Å². The number of phenolic OH excluding ortho intramolecular Hbond substituents is 1. The van der Waals surface area contributed by atoms with Gasteiger partial charge in [-0.2, -0.15) is 0 Å². The van der Waals surface area contributed by atoms with Crippen LogP contribution in [-0.2, 0) is 16.6 Å². The molecule has 1 saturated heterocycles. The van der Waals surface area contributed by atoms with E-state index in [4.69, 9.17) is 4.74 Å². The van der Waals surface area contributed by atoms with E-state index in [1.54, 1.807) is 30.3 Å². The molecule has 6 nitrogen and oxygen atoms in total. The van der Waals surface area contributed by atoms with Gasteiger partial charge in [-0.25, -0.2) is 8.42 Å². The molecule has 0 saturated carbocycles. The van der Waals surface area contributed by atoms with Crippen LogP contribution < -0.4 is 9.04 Å². The van der Waals surface area contributed by atoms with Gasteiger partial charge in [0.1, 0.15) is 18.1 Å². The van der Waals surface area contributed by atoms with Crippen molar-refractivity contribution in [1.29, 1.82) is 0 Å². The van der Waals surface area contributed by atoms with Crippen molar-refractivity contribution in [2.24, 2.45) is 0 Å². The van der Waals surface area contributed by atoms with Crippen LogP contribution in [-0.4, -0.2) is 44.7 Å². The number of aromatic hydroxyl groups is 1. The molecule has 0 spiro atoms. The van der Waals surface area contributed by atoms with Crippen molar-refractivity contribution >= 4 is 15.7 Å². The highest BCUT2D eigenvalue weighted by atomic mass is 32.2. The van der Waals surface area contributed by atoms with Crippen molar-refractivity contribution in [3.63, 3.8) is 0 Å². The summed E-state index contributed by atoms with van der Waals surface area (Å²) in [5.74, 6) is 0.814. The molecule has 0 unspecified atom stereocenters. The Labute approximate surface area is 208 Å². The number of hydrogen-bond acceptors (Lipinski definition) is 5. The molecule has 1 N–H and O–H groups in total. The molecule has 0 aliphatic carbocycles. The van der Waals surface area contributed by atoms with E-state index >= 15 is 0 Å². The number of rotatable bonds is 9. The Kier molecular flexibility index (Phi) is 7.67. The fourth-order valence-electron chi connectivity index (χ4n) is 4.83. The predicted molar refractivity (Wildman–Crippen MR) is 140 cm³/mol. The zero-order valence-corrected chi connectivity index (χ0v) is 21.5. The fourth-order valence-corrected chi connectivity index (χ4v) is 6.70. The maximum atomic E-state index is 14.0. The number of ether oxygens (including phenoxy) is 1. The number of phenols is 1. The molecule has 0 bridgehead atoms. The Bertz CT molecular complexity index is 1240. The van der Waals surface area contributed by atoms with E-state index in [1.165, 1.54) is 17.1 Å². The normalized spacial score (nSPS) is 14.3. The summed E-state index contributed by atoms with van der Waals surface area (Å²) in [5.41, 5.74) is 3.69. The quantitative estimate of drug-likeness (QED) is 0.443. The summed E-state index contributed by atoms with van der Waals surface area (Å²) < 4.78 is 35.3. The van der Waals surface area contributed by atoms with Crippen LogP contribution in [0.15, 0.2) is 65.6 Å². The van der Waals surface area contributed by atoms with Crippen LogP contribution in [0.5, 0.6) is 11.5 Å². The van der Waals surface area contributed by atoms with E-state index in [0.717, 1.165) is 25.2 Å². The number of sulfonamides is 1. The summed E-state index contributed by atoms with van der Waals surface area (Å²) in [7, 11) is -3.88. The minimum atomic E-state index is -3.88. The third kappa shape index (κ3) is 5.97. The first kappa shape index (κ1) is 25.1. The second-order valence-corrected chi connectivity index (χ2v) is 11.1. The van der Waals surface area contributed by atoms with Crippen LogP contribution in [0.2, 0.25) is 0 Å². The van der Waals surface area contributed by atoms with Gasteiger partial charge in [0.05, 0.1) is 17.1 Å². The highest BCUT2D eigenvalue weighted by Gasteiger charge is 2.29. The van der Waals surface area contributed by atoms with E-state index in [1.807, 2.05) is 51.1 Å². The second kappa shape index (κ2) is 10.7. The number of benzene rings is 3. The highest BCUT2D eigenvalue weighted by Crippen LogP contribution is 2.32. The summed E-state index contributed by atoms with van der Waals surface area (Å²) in [4.78, 5) is 2.71. The van der Waals surface area contributed by atoms with Gasteiger partial charge in [-0.3, -0.25) is 9.21 Å². The van der Waals surface area contributed by atoms with Crippen LogP contribution in [0.1, 0.15) is 35.1 Å². The molecule has 1 fully saturated rings. The molecule has 0 atom stereocenters. The van der Waals surface area contributed by atoms with E-state index in [9.17, 15) is 13.5 Å². The Balaban J connectivity index is 1.63. The van der Waals surface area contributed by atoms with Gasteiger partial charge in [-0.1, -0.05) is 29.8 Å². The van der Waals surface area contributed by atoms with E-state index in [2.05, 4.69) is 4.90 Å². The lowest BCUT2D eigenvalue weighted by molar-refractivity contribution is 0.238. The highest BCUT2D eigenvalue weighted by molar-refractivity contribution is 7.92. The first-order valence-electron chi connectivity index (χ1n) is 12.1. The lowest BCUT2D eigenvalue weighted by Gasteiger charge is -2.27. The average Bonchev–Trinajstić information content (AvgIpc) is 3.31. The Morgan fingerprint density at radius 3 is 2.23 bits per heavy atom. The number of aryl methyl sites for hydroxylation is 3. The molecular weight excluding hydrogens is 460 g/mol. The van der Waals surface area contributed by atoms with Crippen molar-refractivity contribution in [2.75, 3.05) is 30.5 Å². The molecule has 1 aliphatic rings. The van der Waals surface area contributed by atoms with Gasteiger partial charge in [0.15, 0.2) is 0 Å². The van der Waals surface area contributed by atoms with E-state index < -0.39 is 10.0 Å². The monoisotopic (exact) mass is 494 g/mol. The molecule has 4 rings (SSSR count). The molecule has 3 aromatic carbocycles. The van der Waals surface area contributed by atoms with Crippen molar-refractivity contribution in [2.45, 2.75) is 45.1 Å². The summed E-state index contributed by atoms with van der Waals surface area (Å²) in [5, 5.41) is 9.94. The largest absolute Gasteiger partial charge is 0.508 e. The van der Waals surface area contributed by atoms with Crippen molar-refractivity contribution in [3.05, 3.63) is 82.9 Å². The number of anilines is 1. The SMILES string of the molecule is Cc1cc(C)c(S(=O)(=O)N(Cc2cccc(O)c2)c2ccc(OCCN3CCCC3)cc2)c(C)c1. The number of hydrogen-bond donors (Lipinski definition) is 1. The van der Waals surface area contributed by atoms with Gasteiger partial charge >= 0.3 is 0 Å². The van der Waals surface area contributed by atoms with Gasteiger partial charge in [-0.05, 0) is 99.8 Å². The molecule has 1 heterocycles. The third-order valence-corrected chi connectivity index (χ3v) is 8.47. The van der Waals surface area contributed by atoms with Gasteiger partial charge in [0.25, 0.3) is 10.0 Å². The predicted octanol–water partition coefficient (Wildman–Crippen LogP) is 5.19. The molecule has 186 valence electrons. The van der Waals surface area contributed by atoms with Crippen LogP contribution in [0, 0.1) is 20.8 Å². The van der Waals surface area contributed by atoms with Crippen LogP contribution >= 0.6 is 0 Å². The summed E-state index contributed by atoms with van der Waals surface area (Å²) in [6.45, 7) is 9.47. The summed E-state index contributed by atoms with van der Waals surface area (Å²) in [6, 6.07) is 17.7. The van der Waals surface area contributed by atoms with Crippen molar-refractivity contribution in [1.82, 2.24) is 4.90 Å². The second-order valence-electron chi connectivity index (χ2n) is 9.30. The standard InChI is InChI=1S/C28H34N2O4S/c1-21-17-22(2)28(23(3)18-21)35(32,33)30(20-24-7-6-8-26(31)19-24)25-9-11-27(12-10-25)34-16-15-29-13-4-5-14-29/h6-12,17-19,31H,4-5,13-16,20H2,1-3H3. The fraction of sp³-hybridized carbons (Fsp3) is 0.357. The van der Waals surface area contributed by atoms with Crippen LogP contribution in [0.3, 0.4) is 0 Å². The first-order chi connectivity index (χ1) is 16.7. The lowest BCUT2D eigenvalue weighted by atomic mass is 10.1. The van der Waals surface area contributed by atoms with Crippen molar-refractivity contribution < 1.29 is 18.3 Å². The van der Waals surface area contributed by atoms with Crippen molar-refractivity contribution in [3.8, 4) is 11.5 Å². The van der Waals surface area contributed by atoms with Gasteiger partial charge in [-0.15, -0.1) is 0 Å². The molecule has 0 aromatic heterocycles. The van der Waals surface area contributed by atoms with Gasteiger partial charge in [0.2, 0.25) is 0 Å². The van der Waals surface area contributed by atoms with Crippen LogP contribution in [0.25, 0.3) is 0 Å². The first-order valence-corrected chi connectivity index (χ1v) is 13.5. The zero-order valence-electron chi connectivity index (χ0n) is 20.7. The van der Waals surface area contributed by atoms with Gasteiger partial charge in [0, 0.05) is 6.54 Å². The topological polar surface area (TPSA) is 70.1 Å². The van der Waals surface area contributed by atoms with Crippen LogP contribution in [0.4, 0.5) is 5.69 Å². The summed E-state index contributed by atoms with van der Waals surface area (Å²) in [6.07, 6.45) is 2.50. The minimum Gasteiger partial charge on any atom is -0.508 e. The molecule has 0 amide bonds. The maximum Gasteiger partial charge on any atom is 0.265 e. The molecule has 35 heavy (non-hydrogen) atoms. The maximum absolute atomic E-state index is 14.0. The molecule has 7 heteroatoms. The smallest absolute Gasteiger partial charge is 0.265 e. The van der Waals surface area contributed by atoms with E-state index in [-0.39, 0.29) is 12.3 Å². The molecule has 3 aromatic rings. The molecular formula is C28H34N2O4S. The number of nitrogens with zero attached hydrogens (tertiary/aromatic N) is 2. The lowest BCUT2D eigenvalue weighted by Crippen LogP contribution is -2.31. The number of likely N-dealkylation sites (tertiary alicyclic amines) is 1. The molecule has 0 radical (unpaired) electrons. The minimum absolute atomic E-state index is 0.0959.